The second-order valence-electron chi connectivity index (χ2n) is 5.40. The minimum absolute atomic E-state index is 1.04. The van der Waals surface area contributed by atoms with Crippen LogP contribution in [0.4, 0.5) is 0 Å². The van der Waals surface area contributed by atoms with Gasteiger partial charge in [0.2, 0.25) is 0 Å². The van der Waals surface area contributed by atoms with Crippen molar-refractivity contribution in [3.05, 3.63) is 78.9 Å². The predicted octanol–water partition coefficient (Wildman–Crippen LogP) is 4.91. The molecule has 1 aromatic heterocycles. The summed E-state index contributed by atoms with van der Waals surface area (Å²) in [5, 5.41) is 5.95. The van der Waals surface area contributed by atoms with Crippen LogP contribution in [0.15, 0.2) is 78.9 Å². The molecule has 0 aliphatic rings. The first-order valence-electron chi connectivity index (χ1n) is 7.41. The molecular weight excluding hydrogens is 268 g/mol. The van der Waals surface area contributed by atoms with Crippen LogP contribution in [0.2, 0.25) is 0 Å². The summed E-state index contributed by atoms with van der Waals surface area (Å²) >= 11 is 0. The van der Waals surface area contributed by atoms with Gasteiger partial charge < -0.3 is 0 Å². The maximum absolute atomic E-state index is 4.76. The van der Waals surface area contributed by atoms with Gasteiger partial charge in [-0.25, -0.2) is 0 Å². The molecule has 0 saturated heterocycles. The first-order chi connectivity index (χ1) is 10.8. The van der Waals surface area contributed by atoms with Crippen molar-refractivity contribution in [3.63, 3.8) is 0 Å². The van der Waals surface area contributed by atoms with Crippen LogP contribution in [-0.4, -0.2) is 9.78 Å². The Morgan fingerprint density at radius 3 is 2.14 bits per heavy atom. The maximum atomic E-state index is 4.76. The predicted molar refractivity (Wildman–Crippen MR) is 91.6 cm³/mol. The fourth-order valence-corrected chi connectivity index (χ4v) is 2.97. The van der Waals surface area contributed by atoms with Crippen LogP contribution in [0, 0.1) is 0 Å². The number of nitrogens with zero attached hydrogens (tertiary/aromatic N) is 2. The normalized spacial score (nSPS) is 11.0. The average Bonchev–Trinajstić information content (AvgIpc) is 2.93. The summed E-state index contributed by atoms with van der Waals surface area (Å²) in [6.45, 7) is 0. The molecule has 0 aliphatic carbocycles. The Labute approximate surface area is 129 Å². The molecule has 2 heteroatoms. The van der Waals surface area contributed by atoms with Gasteiger partial charge in [-0.05, 0) is 17.2 Å². The van der Waals surface area contributed by atoms with Crippen molar-refractivity contribution in [2.24, 2.45) is 7.05 Å². The van der Waals surface area contributed by atoms with Crippen LogP contribution in [0.5, 0.6) is 0 Å². The number of aromatic nitrogens is 2. The number of benzene rings is 3. The second-order valence-corrected chi connectivity index (χ2v) is 5.40. The van der Waals surface area contributed by atoms with Crippen molar-refractivity contribution in [2.45, 2.75) is 0 Å². The Hall–Kier alpha value is -2.87. The molecule has 0 N–H and O–H groups in total. The highest BCUT2D eigenvalue weighted by Crippen LogP contribution is 2.34. The molecule has 4 rings (SSSR count). The van der Waals surface area contributed by atoms with E-state index >= 15 is 0 Å². The van der Waals surface area contributed by atoms with E-state index in [1.807, 2.05) is 17.8 Å². The molecule has 0 atom stereocenters. The van der Waals surface area contributed by atoms with E-state index < -0.39 is 0 Å². The van der Waals surface area contributed by atoms with E-state index in [0.717, 1.165) is 11.2 Å². The monoisotopic (exact) mass is 284 g/mol. The van der Waals surface area contributed by atoms with Crippen LogP contribution >= 0.6 is 0 Å². The van der Waals surface area contributed by atoms with E-state index in [2.05, 4.69) is 72.8 Å². The first kappa shape index (κ1) is 12.8. The van der Waals surface area contributed by atoms with Crippen LogP contribution < -0.4 is 0 Å². The summed E-state index contributed by atoms with van der Waals surface area (Å²) in [7, 11) is 2.00. The summed E-state index contributed by atoms with van der Waals surface area (Å²) in [6, 6.07) is 27.3. The van der Waals surface area contributed by atoms with Gasteiger partial charge in [0.1, 0.15) is 5.69 Å². The molecule has 0 saturated carbocycles. The van der Waals surface area contributed by atoms with Crippen molar-refractivity contribution in [3.8, 4) is 22.4 Å². The molecular formula is C20H16N2. The van der Waals surface area contributed by atoms with Crippen LogP contribution in [0.3, 0.4) is 0 Å². The Morgan fingerprint density at radius 2 is 1.32 bits per heavy atom. The fraction of sp³-hybridized carbons (Fsp3) is 0.0500. The summed E-state index contributed by atoms with van der Waals surface area (Å²) in [6.07, 6.45) is 0. The van der Waals surface area contributed by atoms with Gasteiger partial charge in [0.05, 0.1) is 5.52 Å². The van der Waals surface area contributed by atoms with Gasteiger partial charge in [-0.2, -0.15) is 5.10 Å². The summed E-state index contributed by atoms with van der Waals surface area (Å²) in [4.78, 5) is 0. The van der Waals surface area contributed by atoms with Crippen molar-refractivity contribution in [2.75, 3.05) is 0 Å². The maximum Gasteiger partial charge on any atom is 0.101 e. The molecule has 0 radical (unpaired) electrons. The molecule has 1 heterocycles. The molecule has 0 aliphatic heterocycles. The molecule has 2 nitrogen and oxygen atoms in total. The first-order valence-corrected chi connectivity index (χ1v) is 7.41. The lowest BCUT2D eigenvalue weighted by molar-refractivity contribution is 0.800. The molecule has 106 valence electrons. The fourth-order valence-electron chi connectivity index (χ4n) is 2.97. The van der Waals surface area contributed by atoms with Crippen molar-refractivity contribution >= 4 is 10.9 Å². The highest BCUT2D eigenvalue weighted by molar-refractivity contribution is 5.97. The number of aryl methyl sites for hydroxylation is 1. The third kappa shape index (κ3) is 2.01. The Kier molecular flexibility index (Phi) is 3.01. The standard InChI is InChI=1S/C20H16N2/c1-22-19-14-8-7-13-18(19)20(21-22)17-12-6-5-11-16(17)15-9-3-2-4-10-15/h2-14H,1H3. The quantitative estimate of drug-likeness (QED) is 0.511. The minimum atomic E-state index is 1.04. The second kappa shape index (κ2) is 5.15. The van der Waals surface area contributed by atoms with Gasteiger partial charge in [0, 0.05) is 18.0 Å². The van der Waals surface area contributed by atoms with Crippen molar-refractivity contribution < 1.29 is 0 Å². The third-order valence-electron chi connectivity index (χ3n) is 4.02. The van der Waals surface area contributed by atoms with Gasteiger partial charge in [-0.1, -0.05) is 72.8 Å². The highest BCUT2D eigenvalue weighted by Gasteiger charge is 2.13. The van der Waals surface area contributed by atoms with Crippen LogP contribution in [0.1, 0.15) is 0 Å². The number of rotatable bonds is 2. The SMILES string of the molecule is Cn1nc(-c2ccccc2-c2ccccc2)c2ccccc21. The summed E-state index contributed by atoms with van der Waals surface area (Å²) < 4.78 is 1.95. The molecule has 3 aromatic carbocycles. The summed E-state index contributed by atoms with van der Waals surface area (Å²) in [5.41, 5.74) is 5.79. The van der Waals surface area contributed by atoms with Crippen molar-refractivity contribution in [1.29, 1.82) is 0 Å². The van der Waals surface area contributed by atoms with E-state index in [1.54, 1.807) is 0 Å². The number of fused-ring (bicyclic) bond motifs is 1. The highest BCUT2D eigenvalue weighted by atomic mass is 15.3. The topological polar surface area (TPSA) is 17.8 Å². The third-order valence-corrected chi connectivity index (χ3v) is 4.02. The van der Waals surface area contributed by atoms with Crippen LogP contribution in [0.25, 0.3) is 33.3 Å². The lowest BCUT2D eigenvalue weighted by atomic mass is 9.96. The molecule has 0 spiro atoms. The zero-order valence-corrected chi connectivity index (χ0v) is 12.4. The molecule has 0 bridgehead atoms. The molecule has 0 fully saturated rings. The number of para-hydroxylation sites is 1. The smallest absolute Gasteiger partial charge is 0.101 e. The van der Waals surface area contributed by atoms with E-state index in [1.165, 1.54) is 22.1 Å². The largest absolute Gasteiger partial charge is 0.267 e. The Bertz CT molecular complexity index is 936. The van der Waals surface area contributed by atoms with Crippen molar-refractivity contribution in [1.82, 2.24) is 9.78 Å². The van der Waals surface area contributed by atoms with Gasteiger partial charge in [0.25, 0.3) is 0 Å². The minimum Gasteiger partial charge on any atom is -0.267 e. The summed E-state index contributed by atoms with van der Waals surface area (Å²) in [5.74, 6) is 0. The van der Waals surface area contributed by atoms with E-state index in [9.17, 15) is 0 Å². The molecule has 22 heavy (non-hydrogen) atoms. The molecule has 0 unspecified atom stereocenters. The lowest BCUT2D eigenvalue weighted by Crippen LogP contribution is -1.90. The van der Waals surface area contributed by atoms with Gasteiger partial charge >= 0.3 is 0 Å². The zero-order chi connectivity index (χ0) is 14.9. The Morgan fingerprint density at radius 1 is 0.682 bits per heavy atom. The van der Waals surface area contributed by atoms with Gasteiger partial charge in [-0.3, -0.25) is 4.68 Å². The van der Waals surface area contributed by atoms with Gasteiger partial charge in [-0.15, -0.1) is 0 Å². The molecule has 0 amide bonds. The number of hydrogen-bond acceptors (Lipinski definition) is 1. The van der Waals surface area contributed by atoms with Gasteiger partial charge in [0.15, 0.2) is 0 Å². The van der Waals surface area contributed by atoms with E-state index in [0.29, 0.717) is 0 Å². The Balaban J connectivity index is 2.01. The molecule has 4 aromatic rings. The van der Waals surface area contributed by atoms with E-state index in [-0.39, 0.29) is 0 Å². The lowest BCUT2D eigenvalue weighted by Gasteiger charge is -2.08. The zero-order valence-electron chi connectivity index (χ0n) is 12.4. The number of hydrogen-bond donors (Lipinski definition) is 0. The van der Waals surface area contributed by atoms with Crippen LogP contribution in [-0.2, 0) is 7.05 Å². The average molecular weight is 284 g/mol. The van der Waals surface area contributed by atoms with E-state index in [4.69, 9.17) is 5.10 Å².